The molecule has 0 bridgehead atoms. The number of hydrogen-bond acceptors (Lipinski definition) is 2. The Morgan fingerprint density at radius 1 is 1.35 bits per heavy atom. The quantitative estimate of drug-likeness (QED) is 0.791. The second-order valence-corrected chi connectivity index (χ2v) is 5.22. The summed E-state index contributed by atoms with van der Waals surface area (Å²) in [5.74, 6) is 0.265. The first kappa shape index (κ1) is 14.3. The molecule has 17 heavy (non-hydrogen) atoms. The van der Waals surface area contributed by atoms with Crippen LogP contribution in [0.3, 0.4) is 0 Å². The van der Waals surface area contributed by atoms with E-state index in [1.54, 1.807) is 6.07 Å². The van der Waals surface area contributed by atoms with E-state index in [-0.39, 0.29) is 5.82 Å². The van der Waals surface area contributed by atoms with Crippen molar-refractivity contribution in [3.8, 4) is 0 Å². The highest BCUT2D eigenvalue weighted by molar-refractivity contribution is 9.10. The van der Waals surface area contributed by atoms with E-state index in [0.717, 1.165) is 18.5 Å². The number of nitrogens with two attached hydrogens (primary N) is 1. The summed E-state index contributed by atoms with van der Waals surface area (Å²) in [5.41, 5.74) is 7.04. The standard InChI is InChI=1S/C13H20BrFN2/c1-4-9(5-2)8(3)17-13-6-10(14)11(15)7-12(13)16/h6-9,17H,4-5,16H2,1-3H3. The third-order valence-electron chi connectivity index (χ3n) is 3.23. The second-order valence-electron chi connectivity index (χ2n) is 4.36. The van der Waals surface area contributed by atoms with Crippen molar-refractivity contribution in [2.24, 2.45) is 5.92 Å². The van der Waals surface area contributed by atoms with Gasteiger partial charge >= 0.3 is 0 Å². The molecule has 1 unspecified atom stereocenters. The fraction of sp³-hybridized carbons (Fsp3) is 0.538. The van der Waals surface area contributed by atoms with E-state index in [1.165, 1.54) is 6.07 Å². The van der Waals surface area contributed by atoms with Crippen LogP contribution in [0.15, 0.2) is 16.6 Å². The molecule has 1 aromatic carbocycles. The summed E-state index contributed by atoms with van der Waals surface area (Å²) < 4.78 is 13.7. The minimum atomic E-state index is -0.330. The van der Waals surface area contributed by atoms with Crippen molar-refractivity contribution in [1.29, 1.82) is 0 Å². The predicted molar refractivity (Wildman–Crippen MR) is 75.7 cm³/mol. The van der Waals surface area contributed by atoms with Gasteiger partial charge in [-0.2, -0.15) is 0 Å². The van der Waals surface area contributed by atoms with E-state index in [2.05, 4.69) is 42.0 Å². The molecule has 1 aromatic rings. The van der Waals surface area contributed by atoms with Crippen molar-refractivity contribution >= 4 is 27.3 Å². The van der Waals surface area contributed by atoms with Crippen LogP contribution in [0.4, 0.5) is 15.8 Å². The van der Waals surface area contributed by atoms with Crippen LogP contribution in [0.5, 0.6) is 0 Å². The summed E-state index contributed by atoms with van der Waals surface area (Å²) in [7, 11) is 0. The van der Waals surface area contributed by atoms with Gasteiger partial charge in [-0.15, -0.1) is 0 Å². The summed E-state index contributed by atoms with van der Waals surface area (Å²) in [6.45, 7) is 6.49. The van der Waals surface area contributed by atoms with E-state index >= 15 is 0 Å². The van der Waals surface area contributed by atoms with E-state index in [1.807, 2.05) is 0 Å². The van der Waals surface area contributed by atoms with E-state index < -0.39 is 0 Å². The average Bonchev–Trinajstić information content (AvgIpc) is 2.27. The third kappa shape index (κ3) is 3.60. The van der Waals surface area contributed by atoms with Gasteiger partial charge in [0.2, 0.25) is 0 Å². The van der Waals surface area contributed by atoms with Crippen molar-refractivity contribution in [1.82, 2.24) is 0 Å². The highest BCUT2D eigenvalue weighted by Gasteiger charge is 2.15. The number of rotatable bonds is 5. The number of nitrogen functional groups attached to an aromatic ring is 1. The first-order chi connectivity index (χ1) is 7.99. The first-order valence-electron chi connectivity index (χ1n) is 6.00. The van der Waals surface area contributed by atoms with E-state index in [4.69, 9.17) is 5.73 Å². The zero-order valence-electron chi connectivity index (χ0n) is 10.6. The van der Waals surface area contributed by atoms with Crippen molar-refractivity contribution in [3.05, 3.63) is 22.4 Å². The largest absolute Gasteiger partial charge is 0.397 e. The fourth-order valence-electron chi connectivity index (χ4n) is 2.05. The summed E-state index contributed by atoms with van der Waals surface area (Å²) in [5, 5.41) is 3.36. The Bertz CT molecular complexity index is 378. The fourth-order valence-corrected chi connectivity index (χ4v) is 2.39. The minimum Gasteiger partial charge on any atom is -0.397 e. The maximum atomic E-state index is 13.2. The average molecular weight is 303 g/mol. The lowest BCUT2D eigenvalue weighted by atomic mass is 9.95. The molecule has 0 fully saturated rings. The highest BCUT2D eigenvalue weighted by Crippen LogP contribution is 2.28. The molecule has 0 radical (unpaired) electrons. The van der Waals surface area contributed by atoms with Gasteiger partial charge in [0, 0.05) is 12.1 Å². The molecule has 0 heterocycles. The molecule has 4 heteroatoms. The number of anilines is 2. The SMILES string of the molecule is CCC(CC)C(C)Nc1cc(Br)c(F)cc1N. The second kappa shape index (κ2) is 6.24. The smallest absolute Gasteiger partial charge is 0.139 e. The Balaban J connectivity index is 2.84. The zero-order valence-corrected chi connectivity index (χ0v) is 12.1. The zero-order chi connectivity index (χ0) is 13.0. The normalized spacial score (nSPS) is 12.8. The van der Waals surface area contributed by atoms with E-state index in [0.29, 0.717) is 22.1 Å². The van der Waals surface area contributed by atoms with Gasteiger partial charge < -0.3 is 11.1 Å². The van der Waals surface area contributed by atoms with Gasteiger partial charge in [0.25, 0.3) is 0 Å². The van der Waals surface area contributed by atoms with Gasteiger partial charge in [0.15, 0.2) is 0 Å². The van der Waals surface area contributed by atoms with Crippen LogP contribution in [0.2, 0.25) is 0 Å². The van der Waals surface area contributed by atoms with Crippen LogP contribution in [0.25, 0.3) is 0 Å². The van der Waals surface area contributed by atoms with Crippen molar-refractivity contribution in [2.45, 2.75) is 39.7 Å². The van der Waals surface area contributed by atoms with Gasteiger partial charge in [-0.05, 0) is 34.8 Å². The Hall–Kier alpha value is -0.770. The van der Waals surface area contributed by atoms with Crippen molar-refractivity contribution < 1.29 is 4.39 Å². The molecule has 96 valence electrons. The van der Waals surface area contributed by atoms with Crippen molar-refractivity contribution in [2.75, 3.05) is 11.1 Å². The Kier molecular flexibility index (Phi) is 5.25. The van der Waals surface area contributed by atoms with Gasteiger partial charge in [-0.3, -0.25) is 0 Å². The van der Waals surface area contributed by atoms with Crippen LogP contribution in [0, 0.1) is 11.7 Å². The molecular formula is C13H20BrFN2. The van der Waals surface area contributed by atoms with Gasteiger partial charge in [0.1, 0.15) is 5.82 Å². The molecular weight excluding hydrogens is 283 g/mol. The molecule has 0 aliphatic heterocycles. The summed E-state index contributed by atoms with van der Waals surface area (Å²) in [4.78, 5) is 0. The molecule has 2 nitrogen and oxygen atoms in total. The van der Waals surface area contributed by atoms with Crippen LogP contribution in [-0.4, -0.2) is 6.04 Å². The summed E-state index contributed by atoms with van der Waals surface area (Å²) in [6, 6.07) is 3.36. The predicted octanol–water partition coefficient (Wildman–Crippen LogP) is 4.41. The van der Waals surface area contributed by atoms with Gasteiger partial charge in [-0.1, -0.05) is 26.7 Å². The lowest BCUT2D eigenvalue weighted by Crippen LogP contribution is -2.25. The van der Waals surface area contributed by atoms with Gasteiger partial charge in [-0.25, -0.2) is 4.39 Å². The molecule has 1 atom stereocenters. The first-order valence-corrected chi connectivity index (χ1v) is 6.79. The van der Waals surface area contributed by atoms with Crippen LogP contribution < -0.4 is 11.1 Å². The third-order valence-corrected chi connectivity index (χ3v) is 3.84. The molecule has 0 saturated heterocycles. The lowest BCUT2D eigenvalue weighted by Gasteiger charge is -2.24. The number of benzene rings is 1. The minimum absolute atomic E-state index is 0.324. The molecule has 0 amide bonds. The maximum absolute atomic E-state index is 13.2. The van der Waals surface area contributed by atoms with Crippen molar-refractivity contribution in [3.63, 3.8) is 0 Å². The van der Waals surface area contributed by atoms with Crippen LogP contribution in [0.1, 0.15) is 33.6 Å². The molecule has 3 N–H and O–H groups in total. The molecule has 0 aliphatic rings. The number of nitrogens with one attached hydrogen (secondary N) is 1. The molecule has 1 rings (SSSR count). The molecule has 0 aliphatic carbocycles. The number of halogens is 2. The maximum Gasteiger partial charge on any atom is 0.139 e. The molecule has 0 aromatic heterocycles. The summed E-state index contributed by atoms with van der Waals surface area (Å²) >= 11 is 3.17. The molecule has 0 saturated carbocycles. The van der Waals surface area contributed by atoms with E-state index in [9.17, 15) is 4.39 Å². The Morgan fingerprint density at radius 3 is 2.47 bits per heavy atom. The topological polar surface area (TPSA) is 38.0 Å². The lowest BCUT2D eigenvalue weighted by molar-refractivity contribution is 0.438. The summed E-state index contributed by atoms with van der Waals surface area (Å²) in [6.07, 6.45) is 2.24. The van der Waals surface area contributed by atoms with Gasteiger partial charge in [0.05, 0.1) is 15.8 Å². The molecule has 0 spiro atoms. The highest BCUT2D eigenvalue weighted by atomic mass is 79.9. The monoisotopic (exact) mass is 302 g/mol. The van der Waals surface area contributed by atoms with Crippen LogP contribution >= 0.6 is 15.9 Å². The Morgan fingerprint density at radius 2 is 1.94 bits per heavy atom. The van der Waals surface area contributed by atoms with Crippen LogP contribution in [-0.2, 0) is 0 Å². The number of hydrogen-bond donors (Lipinski definition) is 2. The Labute approximate surface area is 111 Å².